The maximum absolute atomic E-state index is 12.9. The number of furan rings is 1. The van der Waals surface area contributed by atoms with Crippen molar-refractivity contribution in [2.24, 2.45) is 0 Å². The van der Waals surface area contributed by atoms with Crippen LogP contribution < -0.4 is 10.2 Å². The number of benzene rings is 3. The molecule has 1 unspecified atom stereocenters. The molecule has 0 fully saturated rings. The predicted molar refractivity (Wildman–Crippen MR) is 117 cm³/mol. The predicted octanol–water partition coefficient (Wildman–Crippen LogP) is 3.55. The number of hydrogen-bond donors (Lipinski definition) is 2. The Bertz CT molecular complexity index is 1170. The molecule has 3 aromatic carbocycles. The summed E-state index contributed by atoms with van der Waals surface area (Å²) in [6, 6.07) is 26.6. The van der Waals surface area contributed by atoms with E-state index in [1.54, 1.807) is 6.26 Å². The molecule has 1 aromatic heterocycles. The minimum Gasteiger partial charge on any atom is -0.463 e. The first-order valence-corrected chi connectivity index (χ1v) is 10.5. The molecule has 0 spiro atoms. The molecule has 1 aliphatic heterocycles. The van der Waals surface area contributed by atoms with E-state index in [4.69, 9.17) is 4.42 Å². The summed E-state index contributed by atoms with van der Waals surface area (Å²) >= 11 is 0. The van der Waals surface area contributed by atoms with Crippen LogP contribution in [0, 0.1) is 0 Å². The maximum atomic E-state index is 12.9. The Hall–Kier alpha value is -3.37. The fraction of sp³-hybridized carbons (Fsp3) is 0.192. The van der Waals surface area contributed by atoms with E-state index in [1.165, 1.54) is 16.0 Å². The zero-order chi connectivity index (χ0) is 20.3. The first-order chi connectivity index (χ1) is 14.8. The fourth-order valence-corrected chi connectivity index (χ4v) is 4.46. The van der Waals surface area contributed by atoms with Crippen LogP contribution in [-0.4, -0.2) is 19.0 Å². The van der Waals surface area contributed by atoms with Gasteiger partial charge in [0.2, 0.25) is 0 Å². The Balaban J connectivity index is 1.34. The third-order valence-electron chi connectivity index (χ3n) is 6.11. The molecule has 4 heteroatoms. The monoisotopic (exact) mass is 397 g/mol. The summed E-state index contributed by atoms with van der Waals surface area (Å²) in [5.74, 6) is 0.873. The van der Waals surface area contributed by atoms with Crippen molar-refractivity contribution in [1.82, 2.24) is 5.32 Å². The summed E-state index contributed by atoms with van der Waals surface area (Å²) in [4.78, 5) is 14.3. The summed E-state index contributed by atoms with van der Waals surface area (Å²) in [5.41, 5.74) is 3.50. The molecule has 0 saturated carbocycles. The van der Waals surface area contributed by atoms with Crippen molar-refractivity contribution >= 4 is 16.7 Å². The van der Waals surface area contributed by atoms with Crippen molar-refractivity contribution in [2.45, 2.75) is 19.0 Å². The van der Waals surface area contributed by atoms with Crippen LogP contribution in [-0.2, 0) is 13.0 Å². The van der Waals surface area contributed by atoms with Gasteiger partial charge in [-0.3, -0.25) is 4.79 Å². The summed E-state index contributed by atoms with van der Waals surface area (Å²) in [7, 11) is 0. The Morgan fingerprint density at radius 1 is 0.933 bits per heavy atom. The zero-order valence-corrected chi connectivity index (χ0v) is 16.8. The van der Waals surface area contributed by atoms with Crippen LogP contribution in [0.4, 0.5) is 0 Å². The molecule has 0 radical (unpaired) electrons. The highest BCUT2D eigenvalue weighted by Gasteiger charge is 2.30. The van der Waals surface area contributed by atoms with Crippen LogP contribution in [0.2, 0.25) is 0 Å². The molecule has 0 aliphatic carbocycles. The lowest BCUT2D eigenvalue weighted by Crippen LogP contribution is -3.12. The van der Waals surface area contributed by atoms with Crippen LogP contribution in [0.5, 0.6) is 0 Å². The van der Waals surface area contributed by atoms with Gasteiger partial charge < -0.3 is 14.6 Å². The highest BCUT2D eigenvalue weighted by molar-refractivity contribution is 5.98. The van der Waals surface area contributed by atoms with Gasteiger partial charge in [0.05, 0.1) is 19.4 Å². The molecule has 1 amide bonds. The van der Waals surface area contributed by atoms with Crippen molar-refractivity contribution in [3.63, 3.8) is 0 Å². The molecule has 4 aromatic rings. The molecule has 1 aliphatic rings. The lowest BCUT2D eigenvalue weighted by atomic mass is 9.98. The molecule has 2 N–H and O–H groups in total. The molecule has 5 rings (SSSR count). The third-order valence-corrected chi connectivity index (χ3v) is 6.11. The van der Waals surface area contributed by atoms with E-state index in [9.17, 15) is 4.79 Å². The number of carbonyl (C=O) groups is 1. The standard InChI is InChI=1S/C26H24N2O2/c29-26(22-12-11-19-6-1-3-8-21(19)16-22)27-17-24(25-10-5-15-30-25)28-14-13-20-7-2-4-9-23(20)18-28/h1-12,15-16,24H,13-14,17-18H2,(H,27,29)/p+1/t24-/m1/s1. The average Bonchev–Trinajstić information content (AvgIpc) is 3.33. The van der Waals surface area contributed by atoms with Crippen LogP contribution in [0.1, 0.15) is 33.3 Å². The number of rotatable bonds is 5. The van der Waals surface area contributed by atoms with Crippen LogP contribution >= 0.6 is 0 Å². The Labute approximate surface area is 176 Å². The van der Waals surface area contributed by atoms with Crippen molar-refractivity contribution in [3.05, 3.63) is 108 Å². The van der Waals surface area contributed by atoms with Crippen molar-refractivity contribution in [2.75, 3.05) is 13.1 Å². The van der Waals surface area contributed by atoms with E-state index in [-0.39, 0.29) is 11.9 Å². The fourth-order valence-electron chi connectivity index (χ4n) is 4.46. The van der Waals surface area contributed by atoms with Gasteiger partial charge >= 0.3 is 0 Å². The van der Waals surface area contributed by atoms with E-state index >= 15 is 0 Å². The number of nitrogens with one attached hydrogen (secondary N) is 2. The Morgan fingerprint density at radius 3 is 2.57 bits per heavy atom. The van der Waals surface area contributed by atoms with E-state index in [0.29, 0.717) is 12.1 Å². The number of fused-ring (bicyclic) bond motifs is 2. The molecule has 2 atom stereocenters. The Kier molecular flexibility index (Phi) is 5.08. The molecule has 150 valence electrons. The molecular formula is C26H25N2O2+. The smallest absolute Gasteiger partial charge is 0.251 e. The van der Waals surface area contributed by atoms with Gasteiger partial charge in [-0.2, -0.15) is 0 Å². The van der Waals surface area contributed by atoms with Gasteiger partial charge in [-0.15, -0.1) is 0 Å². The van der Waals surface area contributed by atoms with E-state index in [0.717, 1.165) is 36.0 Å². The number of hydrogen-bond acceptors (Lipinski definition) is 2. The van der Waals surface area contributed by atoms with Gasteiger partial charge in [0.15, 0.2) is 11.8 Å². The van der Waals surface area contributed by atoms with E-state index < -0.39 is 0 Å². The zero-order valence-electron chi connectivity index (χ0n) is 16.8. The van der Waals surface area contributed by atoms with Gasteiger partial charge in [-0.1, -0.05) is 54.6 Å². The van der Waals surface area contributed by atoms with Crippen LogP contribution in [0.15, 0.2) is 89.5 Å². The van der Waals surface area contributed by atoms with Gasteiger partial charge in [0.1, 0.15) is 6.54 Å². The Morgan fingerprint density at radius 2 is 1.73 bits per heavy atom. The third kappa shape index (κ3) is 3.74. The highest BCUT2D eigenvalue weighted by atomic mass is 16.3. The SMILES string of the molecule is O=C(NC[C@H](c1ccco1)[NH+]1CCc2ccccc2C1)c1ccc2ccccc2c1. The topological polar surface area (TPSA) is 46.7 Å². The van der Waals surface area contributed by atoms with Gasteiger partial charge in [0, 0.05) is 17.5 Å². The summed E-state index contributed by atoms with van der Waals surface area (Å²) in [6.07, 6.45) is 2.76. The first-order valence-electron chi connectivity index (χ1n) is 10.5. The normalized spacial score (nSPS) is 16.7. The minimum absolute atomic E-state index is 0.0471. The second-order valence-corrected chi connectivity index (χ2v) is 7.94. The lowest BCUT2D eigenvalue weighted by molar-refractivity contribution is -0.946. The summed E-state index contributed by atoms with van der Waals surface area (Å²) < 4.78 is 5.76. The summed E-state index contributed by atoms with van der Waals surface area (Å²) in [6.45, 7) is 2.50. The molecule has 2 heterocycles. The van der Waals surface area contributed by atoms with E-state index in [2.05, 4.69) is 35.6 Å². The van der Waals surface area contributed by atoms with Crippen LogP contribution in [0.3, 0.4) is 0 Å². The van der Waals surface area contributed by atoms with E-state index in [1.807, 2.05) is 48.5 Å². The largest absolute Gasteiger partial charge is 0.463 e. The van der Waals surface area contributed by atoms with Gasteiger partial charge in [-0.25, -0.2) is 0 Å². The van der Waals surface area contributed by atoms with Gasteiger partial charge in [0.25, 0.3) is 5.91 Å². The minimum atomic E-state index is -0.0471. The number of quaternary nitrogens is 1. The molecular weight excluding hydrogens is 372 g/mol. The van der Waals surface area contributed by atoms with Crippen LogP contribution in [0.25, 0.3) is 10.8 Å². The number of amides is 1. The molecule has 30 heavy (non-hydrogen) atoms. The number of carbonyl (C=O) groups excluding carboxylic acids is 1. The summed E-state index contributed by atoms with van der Waals surface area (Å²) in [5, 5.41) is 5.37. The highest BCUT2D eigenvalue weighted by Crippen LogP contribution is 2.17. The second-order valence-electron chi connectivity index (χ2n) is 7.94. The molecule has 0 saturated heterocycles. The first kappa shape index (κ1) is 18.6. The molecule has 4 nitrogen and oxygen atoms in total. The second kappa shape index (κ2) is 8.17. The quantitative estimate of drug-likeness (QED) is 0.541. The van der Waals surface area contributed by atoms with Gasteiger partial charge in [-0.05, 0) is 40.6 Å². The maximum Gasteiger partial charge on any atom is 0.251 e. The molecule has 0 bridgehead atoms. The van der Waals surface area contributed by atoms with Crippen molar-refractivity contribution < 1.29 is 14.1 Å². The van der Waals surface area contributed by atoms with Crippen molar-refractivity contribution in [1.29, 1.82) is 0 Å². The lowest BCUT2D eigenvalue weighted by Gasteiger charge is -2.31. The van der Waals surface area contributed by atoms with Crippen molar-refractivity contribution in [3.8, 4) is 0 Å². The average molecular weight is 397 g/mol.